The third-order valence-corrected chi connectivity index (χ3v) is 9.38. The number of nitrogens with one attached hydrogen (secondary N) is 3. The van der Waals surface area contributed by atoms with Gasteiger partial charge in [0.15, 0.2) is 5.43 Å². The van der Waals surface area contributed by atoms with Crippen molar-refractivity contribution >= 4 is 57.7 Å². The quantitative estimate of drug-likeness (QED) is 0.0479. The van der Waals surface area contributed by atoms with E-state index in [1.807, 2.05) is 52.0 Å². The van der Waals surface area contributed by atoms with E-state index in [-0.39, 0.29) is 62.6 Å². The fourth-order valence-corrected chi connectivity index (χ4v) is 6.58. The minimum atomic E-state index is -1.24. The van der Waals surface area contributed by atoms with Gasteiger partial charge in [-0.2, -0.15) is 5.10 Å². The van der Waals surface area contributed by atoms with Crippen LogP contribution in [0.15, 0.2) is 93.2 Å². The van der Waals surface area contributed by atoms with E-state index in [2.05, 4.69) is 21.2 Å². The minimum absolute atomic E-state index is 0.0457. The Bertz CT molecular complexity index is 2270. The zero-order valence-corrected chi connectivity index (χ0v) is 31.4. The molecule has 0 fully saturated rings. The van der Waals surface area contributed by atoms with Crippen LogP contribution in [0, 0.1) is 0 Å². The van der Waals surface area contributed by atoms with E-state index in [1.165, 1.54) is 30.3 Å². The second-order valence-corrected chi connectivity index (χ2v) is 14.8. The smallest absolute Gasteiger partial charge is 0.336 e. The van der Waals surface area contributed by atoms with Crippen molar-refractivity contribution in [2.75, 3.05) is 16.8 Å². The number of nitrogens with zero attached hydrogens (tertiary/aromatic N) is 1. The van der Waals surface area contributed by atoms with Gasteiger partial charge in [-0.15, -0.1) is 11.8 Å². The molecule has 1 aliphatic heterocycles. The van der Waals surface area contributed by atoms with Crippen LogP contribution in [-0.2, 0) is 20.8 Å². The van der Waals surface area contributed by atoms with E-state index in [0.29, 0.717) is 40.6 Å². The van der Waals surface area contributed by atoms with Crippen molar-refractivity contribution in [3.05, 3.63) is 106 Å². The Labute approximate surface area is 316 Å². The number of rotatable bonds is 14. The molecule has 1 heterocycles. The lowest BCUT2D eigenvalue weighted by Gasteiger charge is -2.27. The SMILES string of the molecule is CCC(=O)C(Cc1ccc(C(C)=NNC(=O)CSCC(=O)Nc2ccc(-c3c4ccc(=O)cc-4oc4cc(O)ccc34)c(C(=O)O)c2)cc1)NC(C)(C)C. The number of thioether (sulfide) groups is 1. The lowest BCUT2D eigenvalue weighted by Crippen LogP contribution is -2.48. The van der Waals surface area contributed by atoms with Gasteiger partial charge in [0.2, 0.25) is 11.8 Å². The van der Waals surface area contributed by atoms with Gasteiger partial charge in [0.1, 0.15) is 22.9 Å². The number of carboxylic acid groups (broad SMARTS) is 1. The summed E-state index contributed by atoms with van der Waals surface area (Å²) in [7, 11) is 0. The summed E-state index contributed by atoms with van der Waals surface area (Å²) < 4.78 is 5.87. The standard InChI is InChI=1S/C41H42N4O8S/c1-6-34(48)33(43-41(3,4)5)17-24-7-9-25(10-8-24)23(2)44-45-38(50)22-54-21-37(49)42-26-11-14-29(32(18-26)40(51)52)39-30-15-12-27(46)19-35(30)53-36-20-28(47)13-16-31(36)39/h7-16,18-20,33,43,46H,6,17,21-22H2,1-5H3,(H,42,49)(H,45,50)(H,51,52). The Kier molecular flexibility index (Phi) is 12.3. The number of hydrogen-bond donors (Lipinski definition) is 5. The van der Waals surface area contributed by atoms with Gasteiger partial charge in [-0.1, -0.05) is 37.3 Å². The molecule has 0 bridgehead atoms. The van der Waals surface area contributed by atoms with Gasteiger partial charge in [-0.05, 0) is 87.2 Å². The highest BCUT2D eigenvalue weighted by molar-refractivity contribution is 8.00. The number of Topliss-reactive ketones (excluding diaryl/α,β-unsaturated/α-hetero) is 1. The molecular formula is C41H42N4O8S. The molecule has 3 aromatic rings. The van der Waals surface area contributed by atoms with Crippen LogP contribution >= 0.6 is 11.8 Å². The van der Waals surface area contributed by atoms with Crippen molar-refractivity contribution in [3.8, 4) is 28.2 Å². The van der Waals surface area contributed by atoms with Crippen LogP contribution in [0.4, 0.5) is 5.69 Å². The van der Waals surface area contributed by atoms with Crippen LogP contribution in [0.5, 0.6) is 5.75 Å². The number of amides is 2. The predicted molar refractivity (Wildman–Crippen MR) is 212 cm³/mol. The molecule has 0 aromatic heterocycles. The molecule has 2 amide bonds. The highest BCUT2D eigenvalue weighted by Crippen LogP contribution is 2.42. The number of ketones is 1. The van der Waals surface area contributed by atoms with Gasteiger partial charge in [-0.25, -0.2) is 10.2 Å². The summed E-state index contributed by atoms with van der Waals surface area (Å²) in [4.78, 5) is 62.4. The Hall–Kier alpha value is -5.79. The van der Waals surface area contributed by atoms with E-state index < -0.39 is 17.8 Å². The normalized spacial score (nSPS) is 12.4. The van der Waals surface area contributed by atoms with Crippen molar-refractivity contribution in [3.63, 3.8) is 0 Å². The molecule has 3 aromatic carbocycles. The zero-order chi connectivity index (χ0) is 39.2. The number of aromatic carboxylic acids is 1. The topological polar surface area (TPSA) is 187 Å². The number of benzene rings is 4. The van der Waals surface area contributed by atoms with Crippen LogP contribution in [0.25, 0.3) is 33.4 Å². The van der Waals surface area contributed by atoms with Gasteiger partial charge in [0.25, 0.3) is 0 Å². The summed E-state index contributed by atoms with van der Waals surface area (Å²) in [5.41, 5.74) is 6.10. The molecule has 5 rings (SSSR count). The van der Waals surface area contributed by atoms with Gasteiger partial charge in [0.05, 0.1) is 28.8 Å². The zero-order valence-electron chi connectivity index (χ0n) is 30.6. The average molecular weight is 751 g/mol. The number of aromatic hydroxyl groups is 1. The predicted octanol–water partition coefficient (Wildman–Crippen LogP) is 6.46. The number of fused-ring (bicyclic) bond motifs is 2. The highest BCUT2D eigenvalue weighted by Gasteiger charge is 2.24. The summed E-state index contributed by atoms with van der Waals surface area (Å²) in [5.74, 6) is -1.90. The molecule has 280 valence electrons. The fraction of sp³-hybridized carbons (Fsp3) is 0.268. The van der Waals surface area contributed by atoms with Crippen LogP contribution in [-0.4, -0.2) is 62.6 Å². The molecule has 0 spiro atoms. The first-order valence-corrected chi connectivity index (χ1v) is 18.4. The van der Waals surface area contributed by atoms with Gasteiger partial charge in [0, 0.05) is 46.3 Å². The van der Waals surface area contributed by atoms with E-state index in [4.69, 9.17) is 4.42 Å². The second kappa shape index (κ2) is 16.9. The first kappa shape index (κ1) is 39.4. The molecule has 2 aliphatic rings. The fourth-order valence-electron chi connectivity index (χ4n) is 5.98. The van der Waals surface area contributed by atoms with E-state index in [1.54, 1.807) is 31.2 Å². The molecule has 0 radical (unpaired) electrons. The Morgan fingerprint density at radius 2 is 1.59 bits per heavy atom. The summed E-state index contributed by atoms with van der Waals surface area (Å²) in [6.45, 7) is 9.71. The molecule has 0 saturated carbocycles. The maximum absolute atomic E-state index is 12.8. The number of phenolic OH excluding ortho intramolecular Hbond substituents is 1. The largest absolute Gasteiger partial charge is 0.508 e. The first-order chi connectivity index (χ1) is 25.6. The number of carbonyl (C=O) groups is 4. The second-order valence-electron chi connectivity index (χ2n) is 13.8. The number of carboxylic acids is 1. The number of hydrogen-bond acceptors (Lipinski definition) is 10. The Morgan fingerprint density at radius 3 is 2.28 bits per heavy atom. The van der Waals surface area contributed by atoms with Crippen LogP contribution in [0.2, 0.25) is 0 Å². The van der Waals surface area contributed by atoms with Crippen LogP contribution in [0.3, 0.4) is 0 Å². The third kappa shape index (κ3) is 10.00. The third-order valence-electron chi connectivity index (χ3n) is 8.45. The summed E-state index contributed by atoms with van der Waals surface area (Å²) in [5, 5.41) is 31.0. The van der Waals surface area contributed by atoms with Gasteiger partial charge >= 0.3 is 5.97 Å². The van der Waals surface area contributed by atoms with E-state index >= 15 is 0 Å². The Balaban J connectivity index is 1.19. The maximum atomic E-state index is 12.8. The maximum Gasteiger partial charge on any atom is 0.336 e. The lowest BCUT2D eigenvalue weighted by molar-refractivity contribution is -0.121. The molecule has 1 unspecified atom stereocenters. The molecular weight excluding hydrogens is 709 g/mol. The monoisotopic (exact) mass is 750 g/mol. The minimum Gasteiger partial charge on any atom is -0.508 e. The van der Waals surface area contributed by atoms with Crippen molar-refractivity contribution in [2.45, 2.75) is 59.0 Å². The molecule has 1 aliphatic carbocycles. The Morgan fingerprint density at radius 1 is 0.889 bits per heavy atom. The molecule has 54 heavy (non-hydrogen) atoms. The van der Waals surface area contributed by atoms with Crippen LogP contribution < -0.4 is 21.5 Å². The molecule has 12 nitrogen and oxygen atoms in total. The average Bonchev–Trinajstić information content (AvgIpc) is 3.11. The van der Waals surface area contributed by atoms with Crippen molar-refractivity contribution < 1.29 is 33.8 Å². The first-order valence-electron chi connectivity index (χ1n) is 17.3. The number of phenols is 1. The summed E-state index contributed by atoms with van der Waals surface area (Å²) in [6, 6.07) is 20.5. The molecule has 1 atom stereocenters. The highest BCUT2D eigenvalue weighted by atomic mass is 32.2. The summed E-state index contributed by atoms with van der Waals surface area (Å²) >= 11 is 1.07. The van der Waals surface area contributed by atoms with Crippen molar-refractivity contribution in [1.29, 1.82) is 0 Å². The van der Waals surface area contributed by atoms with Gasteiger partial charge < -0.3 is 25.3 Å². The lowest BCUT2D eigenvalue weighted by atomic mass is 9.90. The number of anilines is 1. The van der Waals surface area contributed by atoms with Crippen molar-refractivity contribution in [1.82, 2.24) is 10.7 Å². The number of carbonyl (C=O) groups excluding carboxylic acids is 3. The molecule has 5 N–H and O–H groups in total. The molecule has 0 saturated heterocycles. The van der Waals surface area contributed by atoms with Crippen molar-refractivity contribution in [2.24, 2.45) is 5.10 Å². The van der Waals surface area contributed by atoms with Gasteiger partial charge in [-0.3, -0.25) is 19.2 Å². The molecule has 13 heteroatoms. The van der Waals surface area contributed by atoms with E-state index in [9.17, 15) is 34.2 Å². The van der Waals surface area contributed by atoms with E-state index in [0.717, 1.165) is 22.9 Å². The van der Waals surface area contributed by atoms with Crippen LogP contribution in [0.1, 0.15) is 62.5 Å². The number of hydrazone groups is 1. The summed E-state index contributed by atoms with van der Waals surface area (Å²) in [6.07, 6.45) is 1.01.